The topological polar surface area (TPSA) is 41.1 Å². The molecule has 1 saturated heterocycles. The summed E-state index contributed by atoms with van der Waals surface area (Å²) < 4.78 is 0. The summed E-state index contributed by atoms with van der Waals surface area (Å²) in [5.74, 6) is 0.320. The smallest absolute Gasteiger partial charge is 0.163 e. The molecular formula is C9H18N2O. The van der Waals surface area contributed by atoms with Crippen molar-refractivity contribution < 1.29 is 4.79 Å². The second-order valence-corrected chi connectivity index (χ2v) is 3.29. The minimum atomic E-state index is 0.134. The number of ketones is 1. The lowest BCUT2D eigenvalue weighted by Crippen LogP contribution is -2.37. The highest BCUT2D eigenvalue weighted by molar-refractivity contribution is 5.86. The Labute approximate surface area is 73.9 Å². The quantitative estimate of drug-likeness (QED) is 0.583. The zero-order chi connectivity index (χ0) is 8.81. The Morgan fingerprint density at radius 1 is 1.67 bits per heavy atom. The molecule has 1 atom stereocenters. The first-order valence-corrected chi connectivity index (χ1v) is 4.81. The van der Waals surface area contributed by atoms with Crippen molar-refractivity contribution >= 4 is 5.78 Å². The molecule has 70 valence electrons. The fraction of sp³-hybridized carbons (Fsp3) is 0.889. The molecule has 0 aromatic rings. The lowest BCUT2D eigenvalue weighted by atomic mass is 10.1. The summed E-state index contributed by atoms with van der Waals surface area (Å²) in [6.07, 6.45) is 3.25. The summed E-state index contributed by atoms with van der Waals surface area (Å²) in [6.45, 7) is 4.58. The molecule has 12 heavy (non-hydrogen) atoms. The zero-order valence-corrected chi connectivity index (χ0v) is 7.73. The van der Waals surface area contributed by atoms with Crippen LogP contribution in [-0.2, 0) is 4.79 Å². The highest BCUT2D eigenvalue weighted by Crippen LogP contribution is 2.04. The number of rotatable bonds is 5. The van der Waals surface area contributed by atoms with Gasteiger partial charge in [-0.05, 0) is 32.4 Å². The van der Waals surface area contributed by atoms with E-state index in [-0.39, 0.29) is 6.04 Å². The molecule has 1 fully saturated rings. The predicted molar refractivity (Wildman–Crippen MR) is 49.2 cm³/mol. The molecule has 1 heterocycles. The SMILES string of the molecule is CCCNCC(=O)C1CCCN1. The van der Waals surface area contributed by atoms with E-state index in [9.17, 15) is 4.79 Å². The molecule has 0 bridgehead atoms. The van der Waals surface area contributed by atoms with E-state index in [0.29, 0.717) is 12.3 Å². The van der Waals surface area contributed by atoms with Crippen molar-refractivity contribution in [3.63, 3.8) is 0 Å². The third-order valence-corrected chi connectivity index (χ3v) is 2.17. The number of hydrogen-bond acceptors (Lipinski definition) is 3. The van der Waals surface area contributed by atoms with Gasteiger partial charge in [-0.15, -0.1) is 0 Å². The third kappa shape index (κ3) is 2.91. The van der Waals surface area contributed by atoms with Crippen molar-refractivity contribution in [1.82, 2.24) is 10.6 Å². The Morgan fingerprint density at radius 2 is 2.50 bits per heavy atom. The predicted octanol–water partition coefficient (Wildman–Crippen LogP) is 0.307. The standard InChI is InChI=1S/C9H18N2O/c1-2-5-10-7-9(12)8-4-3-6-11-8/h8,10-11H,2-7H2,1H3. The van der Waals surface area contributed by atoms with Crippen LogP contribution in [0.1, 0.15) is 26.2 Å². The molecule has 0 spiro atoms. The van der Waals surface area contributed by atoms with Crippen LogP contribution in [-0.4, -0.2) is 31.5 Å². The Bertz CT molecular complexity index is 141. The summed E-state index contributed by atoms with van der Waals surface area (Å²) in [4.78, 5) is 11.4. The van der Waals surface area contributed by atoms with E-state index in [4.69, 9.17) is 0 Å². The van der Waals surface area contributed by atoms with E-state index in [1.165, 1.54) is 0 Å². The van der Waals surface area contributed by atoms with E-state index in [2.05, 4.69) is 17.6 Å². The van der Waals surface area contributed by atoms with Gasteiger partial charge in [0.25, 0.3) is 0 Å². The van der Waals surface area contributed by atoms with Crippen LogP contribution in [0.25, 0.3) is 0 Å². The van der Waals surface area contributed by atoms with Crippen molar-refractivity contribution in [3.8, 4) is 0 Å². The van der Waals surface area contributed by atoms with Crippen molar-refractivity contribution in [2.75, 3.05) is 19.6 Å². The normalized spacial score (nSPS) is 22.9. The van der Waals surface area contributed by atoms with Crippen LogP contribution in [0, 0.1) is 0 Å². The molecule has 1 rings (SSSR count). The molecule has 0 aromatic heterocycles. The molecule has 1 unspecified atom stereocenters. The molecule has 0 saturated carbocycles. The van der Waals surface area contributed by atoms with Crippen LogP contribution < -0.4 is 10.6 Å². The van der Waals surface area contributed by atoms with Crippen molar-refractivity contribution in [2.45, 2.75) is 32.2 Å². The minimum absolute atomic E-state index is 0.134. The van der Waals surface area contributed by atoms with Gasteiger partial charge in [0.2, 0.25) is 0 Å². The van der Waals surface area contributed by atoms with Gasteiger partial charge in [-0.1, -0.05) is 6.92 Å². The lowest BCUT2D eigenvalue weighted by Gasteiger charge is -2.08. The maximum absolute atomic E-state index is 11.4. The third-order valence-electron chi connectivity index (χ3n) is 2.17. The van der Waals surface area contributed by atoms with Crippen LogP contribution in [0.3, 0.4) is 0 Å². The van der Waals surface area contributed by atoms with Crippen LogP contribution in [0.2, 0.25) is 0 Å². The molecule has 2 N–H and O–H groups in total. The monoisotopic (exact) mass is 170 g/mol. The summed E-state index contributed by atoms with van der Waals surface area (Å²) in [5, 5.41) is 6.32. The average molecular weight is 170 g/mol. The van der Waals surface area contributed by atoms with Gasteiger partial charge in [-0.25, -0.2) is 0 Å². The fourth-order valence-electron chi connectivity index (χ4n) is 1.47. The van der Waals surface area contributed by atoms with Crippen molar-refractivity contribution in [1.29, 1.82) is 0 Å². The maximum atomic E-state index is 11.4. The molecule has 0 aliphatic carbocycles. The number of carbonyl (C=O) groups excluding carboxylic acids is 1. The van der Waals surface area contributed by atoms with Gasteiger partial charge in [0.05, 0.1) is 12.6 Å². The van der Waals surface area contributed by atoms with E-state index < -0.39 is 0 Å². The Hall–Kier alpha value is -0.410. The summed E-state index contributed by atoms with van der Waals surface area (Å²) >= 11 is 0. The number of hydrogen-bond donors (Lipinski definition) is 2. The lowest BCUT2D eigenvalue weighted by molar-refractivity contribution is -0.119. The van der Waals surface area contributed by atoms with Gasteiger partial charge in [-0.3, -0.25) is 4.79 Å². The van der Waals surface area contributed by atoms with Gasteiger partial charge < -0.3 is 10.6 Å². The van der Waals surface area contributed by atoms with E-state index in [0.717, 1.165) is 32.4 Å². The summed E-state index contributed by atoms with van der Waals surface area (Å²) in [7, 11) is 0. The first kappa shape index (κ1) is 9.68. The molecule has 3 nitrogen and oxygen atoms in total. The van der Waals surface area contributed by atoms with E-state index in [1.54, 1.807) is 0 Å². The molecule has 0 radical (unpaired) electrons. The van der Waals surface area contributed by atoms with E-state index in [1.807, 2.05) is 0 Å². The Balaban J connectivity index is 2.10. The molecule has 0 amide bonds. The van der Waals surface area contributed by atoms with E-state index >= 15 is 0 Å². The first-order chi connectivity index (χ1) is 5.84. The van der Waals surface area contributed by atoms with Gasteiger partial charge in [0.1, 0.15) is 0 Å². The Morgan fingerprint density at radius 3 is 3.08 bits per heavy atom. The number of nitrogens with one attached hydrogen (secondary N) is 2. The largest absolute Gasteiger partial charge is 0.310 e. The molecule has 3 heteroatoms. The molecule has 1 aliphatic rings. The minimum Gasteiger partial charge on any atom is -0.310 e. The second-order valence-electron chi connectivity index (χ2n) is 3.29. The average Bonchev–Trinajstić information content (AvgIpc) is 2.56. The van der Waals surface area contributed by atoms with Crippen LogP contribution in [0.4, 0.5) is 0 Å². The van der Waals surface area contributed by atoms with Crippen molar-refractivity contribution in [3.05, 3.63) is 0 Å². The van der Waals surface area contributed by atoms with Crippen molar-refractivity contribution in [2.24, 2.45) is 0 Å². The summed E-state index contributed by atoms with van der Waals surface area (Å²) in [5.41, 5.74) is 0. The number of Topliss-reactive ketones (excluding diaryl/α,β-unsaturated/α-hetero) is 1. The van der Waals surface area contributed by atoms with Crippen LogP contribution in [0.15, 0.2) is 0 Å². The molecule has 1 aliphatic heterocycles. The molecule has 0 aromatic carbocycles. The Kier molecular flexibility index (Phi) is 4.25. The highest BCUT2D eigenvalue weighted by atomic mass is 16.1. The summed E-state index contributed by atoms with van der Waals surface area (Å²) in [6, 6.07) is 0.134. The second kappa shape index (κ2) is 5.27. The number of carbonyl (C=O) groups is 1. The van der Waals surface area contributed by atoms with Gasteiger partial charge in [0, 0.05) is 0 Å². The first-order valence-electron chi connectivity index (χ1n) is 4.81. The molecular weight excluding hydrogens is 152 g/mol. The maximum Gasteiger partial charge on any atom is 0.163 e. The highest BCUT2D eigenvalue weighted by Gasteiger charge is 2.20. The van der Waals surface area contributed by atoms with Crippen LogP contribution >= 0.6 is 0 Å². The zero-order valence-electron chi connectivity index (χ0n) is 7.73. The van der Waals surface area contributed by atoms with Gasteiger partial charge in [0.15, 0.2) is 5.78 Å². The van der Waals surface area contributed by atoms with Gasteiger partial charge in [-0.2, -0.15) is 0 Å². The van der Waals surface area contributed by atoms with Gasteiger partial charge >= 0.3 is 0 Å². The van der Waals surface area contributed by atoms with Crippen LogP contribution in [0.5, 0.6) is 0 Å². The fourth-order valence-corrected chi connectivity index (χ4v) is 1.47.